The molecule has 0 bridgehead atoms. The van der Waals surface area contributed by atoms with Crippen molar-refractivity contribution >= 4 is 0 Å². The van der Waals surface area contributed by atoms with Crippen LogP contribution < -0.4 is 15.2 Å². The largest absolute Gasteiger partial charge is 0.486 e. The maximum atomic E-state index is 13.8. The molecule has 0 aromatic heterocycles. The summed E-state index contributed by atoms with van der Waals surface area (Å²) in [5, 5.41) is 0. The molecular formula is C16H12F5NO2. The number of hydrogen-bond acceptors (Lipinski definition) is 3. The second kappa shape index (κ2) is 5.94. The van der Waals surface area contributed by atoms with E-state index in [-0.39, 0.29) is 30.2 Å². The van der Waals surface area contributed by atoms with Gasteiger partial charge in [0.05, 0.1) is 5.56 Å². The zero-order chi connectivity index (χ0) is 17.5. The van der Waals surface area contributed by atoms with Gasteiger partial charge in [-0.15, -0.1) is 0 Å². The highest BCUT2D eigenvalue weighted by atomic mass is 19.4. The van der Waals surface area contributed by atoms with Gasteiger partial charge in [0.25, 0.3) is 0 Å². The summed E-state index contributed by atoms with van der Waals surface area (Å²) in [6.45, 7) is 0.133. The summed E-state index contributed by atoms with van der Waals surface area (Å²) in [5.74, 6) is -1.91. The first-order valence-electron chi connectivity index (χ1n) is 7.00. The third kappa shape index (κ3) is 3.01. The van der Waals surface area contributed by atoms with Crippen LogP contribution in [-0.2, 0) is 6.18 Å². The van der Waals surface area contributed by atoms with Crippen LogP contribution in [0, 0.1) is 11.6 Å². The van der Waals surface area contributed by atoms with Gasteiger partial charge in [0.1, 0.15) is 24.3 Å². The fraction of sp³-hybridized carbons (Fsp3) is 0.250. The number of fused-ring (bicyclic) bond motifs is 1. The third-order valence-electron chi connectivity index (χ3n) is 3.57. The number of benzene rings is 2. The minimum Gasteiger partial charge on any atom is -0.486 e. The van der Waals surface area contributed by atoms with Crippen molar-refractivity contribution in [2.75, 3.05) is 13.2 Å². The van der Waals surface area contributed by atoms with Crippen LogP contribution in [0.15, 0.2) is 30.3 Å². The Kier molecular flexibility index (Phi) is 4.08. The van der Waals surface area contributed by atoms with Crippen LogP contribution in [0.25, 0.3) is 11.1 Å². The molecule has 128 valence electrons. The lowest BCUT2D eigenvalue weighted by Crippen LogP contribution is -2.36. The van der Waals surface area contributed by atoms with Gasteiger partial charge in [0.15, 0.2) is 11.5 Å². The second-order valence-electron chi connectivity index (χ2n) is 5.25. The summed E-state index contributed by atoms with van der Waals surface area (Å²) in [6.07, 6.45) is -5.39. The molecule has 1 aliphatic heterocycles. The fourth-order valence-electron chi connectivity index (χ4n) is 2.48. The van der Waals surface area contributed by atoms with Crippen LogP contribution in [-0.4, -0.2) is 19.3 Å². The molecule has 0 fully saturated rings. The van der Waals surface area contributed by atoms with E-state index in [1.165, 1.54) is 0 Å². The lowest BCUT2D eigenvalue weighted by Gasteiger charge is -2.28. The molecule has 0 radical (unpaired) electrons. The first-order valence-corrected chi connectivity index (χ1v) is 7.00. The summed E-state index contributed by atoms with van der Waals surface area (Å²) < 4.78 is 77.7. The summed E-state index contributed by atoms with van der Waals surface area (Å²) in [5.41, 5.74) is 3.69. The highest BCUT2D eigenvalue weighted by molar-refractivity contribution is 5.77. The summed E-state index contributed by atoms with van der Waals surface area (Å²) in [6, 6.07) is 4.07. The molecule has 8 heteroatoms. The van der Waals surface area contributed by atoms with E-state index in [1.54, 1.807) is 0 Å². The van der Waals surface area contributed by atoms with Crippen LogP contribution in [0.5, 0.6) is 11.5 Å². The van der Waals surface area contributed by atoms with Gasteiger partial charge in [-0.3, -0.25) is 0 Å². The minimum atomic E-state index is -4.82. The van der Waals surface area contributed by atoms with Crippen molar-refractivity contribution in [3.8, 4) is 22.6 Å². The second-order valence-corrected chi connectivity index (χ2v) is 5.25. The Morgan fingerprint density at radius 3 is 2.46 bits per heavy atom. The maximum Gasteiger partial charge on any atom is 0.417 e. The predicted molar refractivity (Wildman–Crippen MR) is 75.8 cm³/mol. The normalized spacial score (nSPS) is 17.0. The molecule has 0 saturated heterocycles. The van der Waals surface area contributed by atoms with Gasteiger partial charge in [-0.2, -0.15) is 13.2 Å². The Labute approximate surface area is 133 Å². The first kappa shape index (κ1) is 16.5. The Morgan fingerprint density at radius 1 is 1.04 bits per heavy atom. The van der Waals surface area contributed by atoms with Gasteiger partial charge in [-0.25, -0.2) is 8.78 Å². The highest BCUT2D eigenvalue weighted by Crippen LogP contribution is 2.46. The molecule has 1 atom stereocenters. The average Bonchev–Trinajstić information content (AvgIpc) is 2.53. The van der Waals surface area contributed by atoms with E-state index in [1.807, 2.05) is 0 Å². The van der Waals surface area contributed by atoms with E-state index in [2.05, 4.69) is 0 Å². The number of nitrogens with two attached hydrogens (primary N) is 1. The van der Waals surface area contributed by atoms with Crippen LogP contribution in [0.1, 0.15) is 5.56 Å². The maximum absolute atomic E-state index is 13.8. The SMILES string of the molecule is NC[C@H]1COc2cc(F)cc(-c3ccc(F)cc3C(F)(F)F)c2O1. The highest BCUT2D eigenvalue weighted by Gasteiger charge is 2.36. The predicted octanol–water partition coefficient (Wildman–Crippen LogP) is 3.75. The van der Waals surface area contributed by atoms with Crippen molar-refractivity contribution in [1.82, 2.24) is 0 Å². The van der Waals surface area contributed by atoms with Crippen molar-refractivity contribution < 1.29 is 31.4 Å². The Hall–Kier alpha value is -2.35. The van der Waals surface area contributed by atoms with Gasteiger partial charge < -0.3 is 15.2 Å². The van der Waals surface area contributed by atoms with E-state index in [0.29, 0.717) is 6.07 Å². The Balaban J connectivity index is 2.23. The number of halogens is 5. The van der Waals surface area contributed by atoms with E-state index >= 15 is 0 Å². The van der Waals surface area contributed by atoms with Crippen molar-refractivity contribution in [2.24, 2.45) is 5.73 Å². The standard InChI is InChI=1S/C16H12F5NO2/c17-8-1-2-11(13(4-8)16(19,20)21)12-3-9(18)5-14-15(12)24-10(6-22)7-23-14/h1-5,10H,6-7,22H2/t10-/m0/s1. The lowest BCUT2D eigenvalue weighted by molar-refractivity contribution is -0.137. The quantitative estimate of drug-likeness (QED) is 0.843. The zero-order valence-corrected chi connectivity index (χ0v) is 12.2. The van der Waals surface area contributed by atoms with Crippen LogP contribution >= 0.6 is 0 Å². The number of ether oxygens (including phenoxy) is 2. The van der Waals surface area contributed by atoms with Crippen molar-refractivity contribution in [1.29, 1.82) is 0 Å². The lowest BCUT2D eigenvalue weighted by atomic mass is 9.97. The molecular weight excluding hydrogens is 333 g/mol. The van der Waals surface area contributed by atoms with Gasteiger partial charge >= 0.3 is 6.18 Å². The first-order chi connectivity index (χ1) is 11.3. The molecule has 24 heavy (non-hydrogen) atoms. The van der Waals surface area contributed by atoms with Crippen molar-refractivity contribution in [3.05, 3.63) is 47.5 Å². The molecule has 0 spiro atoms. The molecule has 1 aliphatic rings. The molecule has 0 unspecified atom stereocenters. The summed E-state index contributed by atoms with van der Waals surface area (Å²) >= 11 is 0. The molecule has 2 aromatic rings. The molecule has 1 heterocycles. The molecule has 3 rings (SSSR count). The molecule has 2 N–H and O–H groups in total. The molecule has 2 aromatic carbocycles. The van der Waals surface area contributed by atoms with Gasteiger partial charge in [-0.1, -0.05) is 6.07 Å². The van der Waals surface area contributed by atoms with E-state index in [9.17, 15) is 22.0 Å². The minimum absolute atomic E-state index is 0.0212. The van der Waals surface area contributed by atoms with Crippen LogP contribution in [0.2, 0.25) is 0 Å². The zero-order valence-electron chi connectivity index (χ0n) is 12.2. The average molecular weight is 345 g/mol. The van der Waals surface area contributed by atoms with E-state index in [4.69, 9.17) is 15.2 Å². The Morgan fingerprint density at radius 2 is 1.79 bits per heavy atom. The topological polar surface area (TPSA) is 44.5 Å². The summed E-state index contributed by atoms with van der Waals surface area (Å²) in [7, 11) is 0. The molecule has 0 aliphatic carbocycles. The molecule has 0 saturated carbocycles. The monoisotopic (exact) mass is 345 g/mol. The van der Waals surface area contributed by atoms with Gasteiger partial charge in [-0.05, 0) is 23.8 Å². The van der Waals surface area contributed by atoms with Crippen LogP contribution in [0.3, 0.4) is 0 Å². The fourth-order valence-corrected chi connectivity index (χ4v) is 2.48. The molecule has 3 nitrogen and oxygen atoms in total. The van der Waals surface area contributed by atoms with E-state index < -0.39 is 35.0 Å². The number of rotatable bonds is 2. The third-order valence-corrected chi connectivity index (χ3v) is 3.57. The van der Waals surface area contributed by atoms with Gasteiger partial charge in [0, 0.05) is 18.2 Å². The Bertz CT molecular complexity index is 776. The number of alkyl halides is 3. The van der Waals surface area contributed by atoms with Crippen molar-refractivity contribution in [2.45, 2.75) is 12.3 Å². The van der Waals surface area contributed by atoms with Gasteiger partial charge in [0.2, 0.25) is 0 Å². The van der Waals surface area contributed by atoms with E-state index in [0.717, 1.165) is 24.3 Å². The molecule has 0 amide bonds. The number of hydrogen-bond donors (Lipinski definition) is 1. The smallest absolute Gasteiger partial charge is 0.417 e. The summed E-state index contributed by atoms with van der Waals surface area (Å²) in [4.78, 5) is 0. The van der Waals surface area contributed by atoms with Crippen LogP contribution in [0.4, 0.5) is 22.0 Å². The van der Waals surface area contributed by atoms with Crippen molar-refractivity contribution in [3.63, 3.8) is 0 Å².